The standard InChI is InChI=1S/C14H16N6/c1-9-14(16-8-11(7-15)17-9)18-13-6-12(19-20-13)10-4-2-3-5-10/h6,8,10H,2-5H2,1H3,(H2,16,18,19,20). The minimum atomic E-state index is 0.321. The van der Waals surface area contributed by atoms with Gasteiger partial charge in [-0.2, -0.15) is 10.4 Å². The number of H-pyrrole nitrogens is 1. The Hall–Kier alpha value is -2.42. The molecule has 2 N–H and O–H groups in total. The van der Waals surface area contributed by atoms with E-state index in [0.717, 1.165) is 5.82 Å². The van der Waals surface area contributed by atoms with Crippen LogP contribution in [0.15, 0.2) is 12.3 Å². The van der Waals surface area contributed by atoms with E-state index in [1.54, 1.807) is 0 Å². The number of hydrogen-bond donors (Lipinski definition) is 2. The molecule has 3 rings (SSSR count). The van der Waals surface area contributed by atoms with E-state index in [-0.39, 0.29) is 0 Å². The topological polar surface area (TPSA) is 90.3 Å². The number of rotatable bonds is 3. The molecular formula is C14H16N6. The molecule has 0 amide bonds. The van der Waals surface area contributed by atoms with Crippen molar-refractivity contribution in [3.63, 3.8) is 0 Å². The SMILES string of the molecule is Cc1nc(C#N)cnc1Nc1cc(C2CCCC2)[nH]n1. The van der Waals surface area contributed by atoms with Crippen LogP contribution in [0.5, 0.6) is 0 Å². The van der Waals surface area contributed by atoms with Crippen LogP contribution in [0.1, 0.15) is 48.7 Å². The van der Waals surface area contributed by atoms with Gasteiger partial charge in [0.15, 0.2) is 17.3 Å². The molecule has 2 aromatic rings. The monoisotopic (exact) mass is 268 g/mol. The van der Waals surface area contributed by atoms with Gasteiger partial charge in [-0.15, -0.1) is 0 Å². The molecule has 20 heavy (non-hydrogen) atoms. The zero-order valence-corrected chi connectivity index (χ0v) is 11.3. The summed E-state index contributed by atoms with van der Waals surface area (Å²) in [6, 6.07) is 4.01. The van der Waals surface area contributed by atoms with Crippen LogP contribution in [0, 0.1) is 18.3 Å². The Morgan fingerprint density at radius 2 is 2.20 bits per heavy atom. The van der Waals surface area contributed by atoms with Crippen LogP contribution in [-0.4, -0.2) is 20.2 Å². The summed E-state index contributed by atoms with van der Waals surface area (Å²) >= 11 is 0. The lowest BCUT2D eigenvalue weighted by atomic mass is 10.0. The quantitative estimate of drug-likeness (QED) is 0.893. The average molecular weight is 268 g/mol. The number of aromatic nitrogens is 4. The first-order valence-corrected chi connectivity index (χ1v) is 6.82. The molecule has 2 heterocycles. The molecule has 0 saturated heterocycles. The Balaban J connectivity index is 1.76. The zero-order valence-electron chi connectivity index (χ0n) is 11.3. The Morgan fingerprint density at radius 3 is 2.90 bits per heavy atom. The normalized spacial score (nSPS) is 15.2. The number of hydrogen-bond acceptors (Lipinski definition) is 5. The molecule has 1 fully saturated rings. The lowest BCUT2D eigenvalue weighted by molar-refractivity contribution is 0.693. The Morgan fingerprint density at radius 1 is 1.40 bits per heavy atom. The highest BCUT2D eigenvalue weighted by molar-refractivity contribution is 5.54. The largest absolute Gasteiger partial charge is 0.322 e. The molecule has 6 nitrogen and oxygen atoms in total. The van der Waals surface area contributed by atoms with Crippen LogP contribution in [0.2, 0.25) is 0 Å². The molecule has 0 bridgehead atoms. The Bertz CT molecular complexity index is 648. The van der Waals surface area contributed by atoms with E-state index < -0.39 is 0 Å². The predicted octanol–water partition coefficient (Wildman–Crippen LogP) is 2.78. The molecular weight excluding hydrogens is 252 g/mol. The van der Waals surface area contributed by atoms with Gasteiger partial charge in [-0.3, -0.25) is 5.10 Å². The molecule has 2 aromatic heterocycles. The molecule has 6 heteroatoms. The van der Waals surface area contributed by atoms with Crippen LogP contribution in [-0.2, 0) is 0 Å². The summed E-state index contributed by atoms with van der Waals surface area (Å²) in [5, 5.41) is 19.3. The van der Waals surface area contributed by atoms with Crippen molar-refractivity contribution in [2.75, 3.05) is 5.32 Å². The van der Waals surface area contributed by atoms with Crippen LogP contribution >= 0.6 is 0 Å². The molecule has 1 saturated carbocycles. The van der Waals surface area contributed by atoms with Gasteiger partial charge in [0.25, 0.3) is 0 Å². The van der Waals surface area contributed by atoms with Gasteiger partial charge in [-0.05, 0) is 19.8 Å². The average Bonchev–Trinajstić information content (AvgIpc) is 3.11. The van der Waals surface area contributed by atoms with Gasteiger partial charge in [0.1, 0.15) is 6.07 Å². The molecule has 0 radical (unpaired) electrons. The van der Waals surface area contributed by atoms with Crippen molar-refractivity contribution in [1.29, 1.82) is 5.26 Å². The van der Waals surface area contributed by atoms with Crippen molar-refractivity contribution in [2.24, 2.45) is 0 Å². The molecule has 0 atom stereocenters. The molecule has 0 aromatic carbocycles. The van der Waals surface area contributed by atoms with E-state index in [1.807, 2.05) is 19.1 Å². The second-order valence-electron chi connectivity index (χ2n) is 5.12. The van der Waals surface area contributed by atoms with E-state index in [2.05, 4.69) is 25.5 Å². The van der Waals surface area contributed by atoms with E-state index in [1.165, 1.54) is 37.6 Å². The number of nitriles is 1. The molecule has 0 spiro atoms. The van der Waals surface area contributed by atoms with E-state index in [9.17, 15) is 0 Å². The molecule has 1 aliphatic rings. The fourth-order valence-corrected chi connectivity index (χ4v) is 2.63. The molecule has 1 aliphatic carbocycles. The fraction of sp³-hybridized carbons (Fsp3) is 0.429. The van der Waals surface area contributed by atoms with Gasteiger partial charge in [-0.25, -0.2) is 9.97 Å². The summed E-state index contributed by atoms with van der Waals surface area (Å²) in [6.07, 6.45) is 6.52. The van der Waals surface area contributed by atoms with Gasteiger partial charge < -0.3 is 5.32 Å². The maximum absolute atomic E-state index is 8.78. The van der Waals surface area contributed by atoms with Gasteiger partial charge in [0, 0.05) is 17.7 Å². The van der Waals surface area contributed by atoms with Crippen LogP contribution in [0.25, 0.3) is 0 Å². The van der Waals surface area contributed by atoms with E-state index in [0.29, 0.717) is 23.1 Å². The van der Waals surface area contributed by atoms with Gasteiger partial charge >= 0.3 is 0 Å². The molecule has 0 unspecified atom stereocenters. The summed E-state index contributed by atoms with van der Waals surface area (Å²) in [6.45, 7) is 1.82. The number of anilines is 2. The van der Waals surface area contributed by atoms with E-state index >= 15 is 0 Å². The highest BCUT2D eigenvalue weighted by Gasteiger charge is 2.19. The highest BCUT2D eigenvalue weighted by Crippen LogP contribution is 2.33. The van der Waals surface area contributed by atoms with E-state index in [4.69, 9.17) is 5.26 Å². The summed E-state index contributed by atoms with van der Waals surface area (Å²) < 4.78 is 0. The maximum Gasteiger partial charge on any atom is 0.159 e. The lowest BCUT2D eigenvalue weighted by Gasteiger charge is -2.05. The molecule has 102 valence electrons. The van der Waals surface area contributed by atoms with Crippen molar-refractivity contribution in [2.45, 2.75) is 38.5 Å². The molecule has 0 aliphatic heterocycles. The van der Waals surface area contributed by atoms with Crippen molar-refractivity contribution in [3.05, 3.63) is 29.3 Å². The van der Waals surface area contributed by atoms with Gasteiger partial charge in [0.2, 0.25) is 0 Å². The fourth-order valence-electron chi connectivity index (χ4n) is 2.63. The first kappa shape index (κ1) is 12.6. The van der Waals surface area contributed by atoms with Crippen LogP contribution < -0.4 is 5.32 Å². The maximum atomic E-state index is 8.78. The second-order valence-corrected chi connectivity index (χ2v) is 5.12. The lowest BCUT2D eigenvalue weighted by Crippen LogP contribution is -2.00. The zero-order chi connectivity index (χ0) is 13.9. The Kier molecular flexibility index (Phi) is 3.33. The first-order valence-electron chi connectivity index (χ1n) is 6.82. The van der Waals surface area contributed by atoms with Crippen molar-refractivity contribution >= 4 is 11.6 Å². The number of aryl methyl sites for hydroxylation is 1. The van der Waals surface area contributed by atoms with Crippen LogP contribution in [0.4, 0.5) is 11.6 Å². The summed E-state index contributed by atoms with van der Waals surface area (Å²) in [7, 11) is 0. The Labute approximate surface area is 117 Å². The van der Waals surface area contributed by atoms with Crippen molar-refractivity contribution < 1.29 is 0 Å². The van der Waals surface area contributed by atoms with Crippen molar-refractivity contribution in [3.8, 4) is 6.07 Å². The number of aromatic amines is 1. The highest BCUT2D eigenvalue weighted by atomic mass is 15.2. The third kappa shape index (κ3) is 2.48. The second kappa shape index (κ2) is 5.29. The smallest absolute Gasteiger partial charge is 0.159 e. The number of nitrogens with zero attached hydrogens (tertiary/aromatic N) is 4. The summed E-state index contributed by atoms with van der Waals surface area (Å²) in [4.78, 5) is 8.35. The summed E-state index contributed by atoms with van der Waals surface area (Å²) in [5.74, 6) is 1.98. The number of nitrogens with one attached hydrogen (secondary N) is 2. The van der Waals surface area contributed by atoms with Crippen LogP contribution in [0.3, 0.4) is 0 Å². The first-order chi connectivity index (χ1) is 9.76. The third-order valence-electron chi connectivity index (χ3n) is 3.70. The minimum absolute atomic E-state index is 0.321. The van der Waals surface area contributed by atoms with Gasteiger partial charge in [-0.1, -0.05) is 12.8 Å². The third-order valence-corrected chi connectivity index (χ3v) is 3.70. The van der Waals surface area contributed by atoms with Gasteiger partial charge in [0.05, 0.1) is 11.9 Å². The summed E-state index contributed by atoms with van der Waals surface area (Å²) in [5.41, 5.74) is 2.19. The minimum Gasteiger partial charge on any atom is -0.322 e. The predicted molar refractivity (Wildman–Crippen MR) is 74.6 cm³/mol. The van der Waals surface area contributed by atoms with Crippen molar-refractivity contribution in [1.82, 2.24) is 20.2 Å².